The highest BCUT2D eigenvalue weighted by molar-refractivity contribution is 7.92. The minimum absolute atomic E-state index is 0.0280. The van der Waals surface area contributed by atoms with Crippen LogP contribution in [0.25, 0.3) is 0 Å². The van der Waals surface area contributed by atoms with E-state index in [-0.39, 0.29) is 22.6 Å². The Kier molecular flexibility index (Phi) is 8.40. The number of nitrogens with zero attached hydrogens (tertiary/aromatic N) is 1. The molecule has 0 aromatic heterocycles. The number of benzene rings is 4. The lowest BCUT2D eigenvalue weighted by atomic mass is 9.86. The van der Waals surface area contributed by atoms with Crippen molar-refractivity contribution in [3.63, 3.8) is 0 Å². The second-order valence-corrected chi connectivity index (χ2v) is 12.3. The fraction of sp³-hybridized carbons (Fsp3) is 0.188. The van der Waals surface area contributed by atoms with Gasteiger partial charge >= 0.3 is 0 Å². The van der Waals surface area contributed by atoms with E-state index in [4.69, 9.17) is 4.74 Å². The van der Waals surface area contributed by atoms with Crippen LogP contribution >= 0.6 is 0 Å². The Labute approximate surface area is 235 Å². The van der Waals surface area contributed by atoms with Crippen molar-refractivity contribution >= 4 is 33.1 Å². The molecule has 206 valence electrons. The number of ether oxygens (including phenoxy) is 1. The zero-order chi connectivity index (χ0) is 28.9. The third-order valence-electron chi connectivity index (χ3n) is 6.21. The second-order valence-electron chi connectivity index (χ2n) is 10.4. The van der Waals surface area contributed by atoms with Gasteiger partial charge in [0.2, 0.25) is 15.9 Å². The molecular formula is C32H32N2O5S. The van der Waals surface area contributed by atoms with E-state index in [9.17, 15) is 18.0 Å². The first kappa shape index (κ1) is 28.6. The first-order valence-corrected chi connectivity index (χ1v) is 14.6. The zero-order valence-corrected chi connectivity index (χ0v) is 23.7. The van der Waals surface area contributed by atoms with Crippen LogP contribution in [0.15, 0.2) is 103 Å². The van der Waals surface area contributed by atoms with Gasteiger partial charge in [-0.3, -0.25) is 13.9 Å². The summed E-state index contributed by atoms with van der Waals surface area (Å²) in [4.78, 5) is 26.2. The molecule has 0 aliphatic carbocycles. The van der Waals surface area contributed by atoms with E-state index in [2.05, 4.69) is 26.1 Å². The van der Waals surface area contributed by atoms with Crippen LogP contribution in [0.4, 0.5) is 11.4 Å². The summed E-state index contributed by atoms with van der Waals surface area (Å²) < 4.78 is 32.4. The molecule has 0 heterocycles. The molecule has 7 nitrogen and oxygen atoms in total. The monoisotopic (exact) mass is 556 g/mol. The summed E-state index contributed by atoms with van der Waals surface area (Å²) in [6.45, 7) is 5.84. The number of nitrogens with one attached hydrogen (secondary N) is 1. The summed E-state index contributed by atoms with van der Waals surface area (Å²) in [5, 5.41) is 2.72. The van der Waals surface area contributed by atoms with Crippen molar-refractivity contribution in [1.29, 1.82) is 0 Å². The number of ketones is 1. The minimum Gasteiger partial charge on any atom is -0.455 e. The number of amides is 1. The molecule has 0 fully saturated rings. The molecule has 0 unspecified atom stereocenters. The van der Waals surface area contributed by atoms with Crippen molar-refractivity contribution < 1.29 is 22.7 Å². The molecule has 0 aliphatic rings. The Hall–Kier alpha value is -4.43. The van der Waals surface area contributed by atoms with Gasteiger partial charge in [-0.05, 0) is 47.4 Å². The molecule has 4 aromatic rings. The van der Waals surface area contributed by atoms with Crippen LogP contribution in [0.3, 0.4) is 0 Å². The largest absolute Gasteiger partial charge is 0.455 e. The summed E-state index contributed by atoms with van der Waals surface area (Å²) in [7, 11) is -3.85. The second kappa shape index (κ2) is 11.8. The number of hydrogen-bond acceptors (Lipinski definition) is 5. The average molecular weight is 557 g/mol. The van der Waals surface area contributed by atoms with Gasteiger partial charge in [-0.15, -0.1) is 0 Å². The van der Waals surface area contributed by atoms with Gasteiger partial charge in [-0.25, -0.2) is 8.42 Å². The van der Waals surface area contributed by atoms with Crippen molar-refractivity contribution in [3.8, 4) is 11.5 Å². The fourth-order valence-corrected chi connectivity index (χ4v) is 4.96. The van der Waals surface area contributed by atoms with Crippen molar-refractivity contribution in [3.05, 3.63) is 120 Å². The molecule has 8 heteroatoms. The molecule has 4 aromatic carbocycles. The van der Waals surface area contributed by atoms with Gasteiger partial charge in [0.05, 0.1) is 11.9 Å². The van der Waals surface area contributed by atoms with E-state index in [1.54, 1.807) is 84.9 Å². The Morgan fingerprint density at radius 3 is 2.10 bits per heavy atom. The van der Waals surface area contributed by atoms with Crippen LogP contribution in [-0.2, 0) is 20.2 Å². The van der Waals surface area contributed by atoms with E-state index in [0.29, 0.717) is 22.6 Å². The maximum atomic E-state index is 13.1. The van der Waals surface area contributed by atoms with E-state index in [1.807, 2.05) is 18.2 Å². The van der Waals surface area contributed by atoms with Gasteiger partial charge in [0.15, 0.2) is 11.5 Å². The van der Waals surface area contributed by atoms with Gasteiger partial charge in [-0.1, -0.05) is 87.5 Å². The number of sulfonamides is 1. The summed E-state index contributed by atoms with van der Waals surface area (Å²) in [6.07, 6.45) is 1.03. The first-order chi connectivity index (χ1) is 18.9. The molecule has 0 bridgehead atoms. The predicted molar refractivity (Wildman–Crippen MR) is 159 cm³/mol. The fourth-order valence-electron chi connectivity index (χ4n) is 4.10. The Bertz CT molecular complexity index is 1610. The van der Waals surface area contributed by atoms with Gasteiger partial charge in [-0.2, -0.15) is 0 Å². The Balaban J connectivity index is 1.52. The highest BCUT2D eigenvalue weighted by atomic mass is 32.2. The van der Waals surface area contributed by atoms with Crippen LogP contribution in [0, 0.1) is 0 Å². The molecule has 0 saturated carbocycles. The maximum absolute atomic E-state index is 13.1. The number of anilines is 2. The van der Waals surface area contributed by atoms with Gasteiger partial charge in [0.25, 0.3) is 0 Å². The van der Waals surface area contributed by atoms with Crippen molar-refractivity contribution in [2.75, 3.05) is 22.4 Å². The summed E-state index contributed by atoms with van der Waals surface area (Å²) in [5.41, 5.74) is 2.64. The highest BCUT2D eigenvalue weighted by Crippen LogP contribution is 2.33. The number of rotatable bonds is 9. The lowest BCUT2D eigenvalue weighted by Gasteiger charge is -2.24. The number of hydrogen-bond donors (Lipinski definition) is 1. The lowest BCUT2D eigenvalue weighted by Crippen LogP contribution is -2.37. The maximum Gasteiger partial charge on any atom is 0.245 e. The molecular weight excluding hydrogens is 524 g/mol. The Morgan fingerprint density at radius 1 is 0.800 bits per heavy atom. The van der Waals surface area contributed by atoms with Crippen molar-refractivity contribution in [2.24, 2.45) is 0 Å². The number of para-hydroxylation sites is 3. The SMILES string of the molecule is CC(C)(C)c1ccc(C(=O)c2cccc(NC(=O)CN(c3ccccc3Oc3ccccc3)S(C)(=O)=O)c2)cc1. The summed E-state index contributed by atoms with van der Waals surface area (Å²) in [5.74, 6) is 0.0692. The first-order valence-electron chi connectivity index (χ1n) is 12.8. The molecule has 1 amide bonds. The molecule has 0 saturated heterocycles. The van der Waals surface area contributed by atoms with Crippen LogP contribution < -0.4 is 14.4 Å². The van der Waals surface area contributed by atoms with Crippen LogP contribution in [0.5, 0.6) is 11.5 Å². The van der Waals surface area contributed by atoms with Crippen LogP contribution in [0.2, 0.25) is 0 Å². The number of carbonyl (C=O) groups excluding carboxylic acids is 2. The smallest absolute Gasteiger partial charge is 0.245 e. The lowest BCUT2D eigenvalue weighted by molar-refractivity contribution is -0.114. The van der Waals surface area contributed by atoms with Gasteiger partial charge in [0, 0.05) is 16.8 Å². The van der Waals surface area contributed by atoms with Gasteiger partial charge < -0.3 is 10.1 Å². The minimum atomic E-state index is -3.85. The van der Waals surface area contributed by atoms with E-state index >= 15 is 0 Å². The van der Waals surface area contributed by atoms with Crippen molar-refractivity contribution in [2.45, 2.75) is 26.2 Å². The third-order valence-corrected chi connectivity index (χ3v) is 7.34. The molecule has 0 spiro atoms. The molecule has 0 aliphatic heterocycles. The topological polar surface area (TPSA) is 92.8 Å². The molecule has 0 atom stereocenters. The number of carbonyl (C=O) groups is 2. The summed E-state index contributed by atoms with van der Waals surface area (Å²) >= 11 is 0. The van der Waals surface area contributed by atoms with E-state index < -0.39 is 22.5 Å². The Morgan fingerprint density at radius 2 is 1.45 bits per heavy atom. The van der Waals surface area contributed by atoms with Gasteiger partial charge in [0.1, 0.15) is 12.3 Å². The molecule has 1 N–H and O–H groups in total. The van der Waals surface area contributed by atoms with Crippen LogP contribution in [0.1, 0.15) is 42.3 Å². The summed E-state index contributed by atoms with van der Waals surface area (Å²) in [6, 6.07) is 29.6. The van der Waals surface area contributed by atoms with Crippen LogP contribution in [-0.4, -0.2) is 32.9 Å². The molecule has 0 radical (unpaired) electrons. The predicted octanol–water partition coefficient (Wildman–Crippen LogP) is 6.41. The molecule has 40 heavy (non-hydrogen) atoms. The highest BCUT2D eigenvalue weighted by Gasteiger charge is 2.24. The van der Waals surface area contributed by atoms with E-state index in [1.165, 1.54) is 0 Å². The normalized spacial score (nSPS) is 11.5. The molecule has 4 rings (SSSR count). The standard InChI is InChI=1S/C32H32N2O5S/c1-32(2,3)25-19-17-23(18-20-25)31(36)24-11-10-12-26(21-24)33-30(35)22-34(40(4,37)38)28-15-8-9-16-29(28)39-27-13-6-5-7-14-27/h5-21H,22H2,1-4H3,(H,33,35). The van der Waals surface area contributed by atoms with E-state index in [0.717, 1.165) is 16.1 Å². The quantitative estimate of drug-likeness (QED) is 0.241. The third kappa shape index (κ3) is 7.15. The average Bonchev–Trinajstić information content (AvgIpc) is 2.91. The zero-order valence-electron chi connectivity index (χ0n) is 22.9. The van der Waals surface area contributed by atoms with Crippen molar-refractivity contribution in [1.82, 2.24) is 0 Å².